The van der Waals surface area contributed by atoms with E-state index in [0.717, 1.165) is 33.1 Å². The van der Waals surface area contributed by atoms with Crippen LogP contribution < -0.4 is 0 Å². The van der Waals surface area contributed by atoms with Gasteiger partial charge in [-0.25, -0.2) is 4.98 Å². The van der Waals surface area contributed by atoms with Crippen LogP contribution in [-0.4, -0.2) is 9.97 Å². The number of fused-ring (bicyclic) bond motifs is 12. The predicted octanol–water partition coefficient (Wildman–Crippen LogP) is 16.4. The molecule has 282 valence electrons. The summed E-state index contributed by atoms with van der Waals surface area (Å²) < 4.78 is 2.69. The van der Waals surface area contributed by atoms with Gasteiger partial charge in [0.1, 0.15) is 0 Å². The largest absolute Gasteiger partial charge is 0.252 e. The molecule has 0 bridgehead atoms. The molecule has 0 saturated carbocycles. The molecular weight excluding hydrogens is 757 g/mol. The molecule has 2 nitrogen and oxygen atoms in total. The van der Waals surface area contributed by atoms with Crippen molar-refractivity contribution in [3.63, 3.8) is 0 Å². The maximum Gasteiger partial charge on any atom is 0.0979 e. The Hall–Kier alpha value is -7.72. The smallest absolute Gasteiger partial charge is 0.0979 e. The molecule has 0 radical (unpaired) electrons. The van der Waals surface area contributed by atoms with Crippen LogP contribution in [0.4, 0.5) is 0 Å². The Morgan fingerprint density at radius 2 is 0.738 bits per heavy atom. The summed E-state index contributed by atoms with van der Waals surface area (Å²) in [6.07, 6.45) is 1.92. The van der Waals surface area contributed by atoms with Crippen molar-refractivity contribution < 1.29 is 0 Å². The van der Waals surface area contributed by atoms with Gasteiger partial charge >= 0.3 is 0 Å². The summed E-state index contributed by atoms with van der Waals surface area (Å²) >= 11 is 1.89. The van der Waals surface area contributed by atoms with E-state index in [4.69, 9.17) is 9.97 Å². The first-order chi connectivity index (χ1) is 30.2. The summed E-state index contributed by atoms with van der Waals surface area (Å²) in [5.74, 6) is 0. The molecule has 0 aliphatic rings. The van der Waals surface area contributed by atoms with Crippen molar-refractivity contribution in [3.8, 4) is 44.6 Å². The van der Waals surface area contributed by atoms with E-state index >= 15 is 0 Å². The molecule has 0 fully saturated rings. The van der Waals surface area contributed by atoms with Crippen molar-refractivity contribution in [2.75, 3.05) is 0 Å². The zero-order valence-corrected chi connectivity index (χ0v) is 33.7. The lowest BCUT2D eigenvalue weighted by atomic mass is 9.94. The van der Waals surface area contributed by atoms with Crippen LogP contribution in [0.5, 0.6) is 0 Å². The Kier molecular flexibility index (Phi) is 7.51. The molecule has 13 aromatic rings. The number of nitrogens with zero attached hydrogens (tertiary/aromatic N) is 2. The minimum absolute atomic E-state index is 0.877. The quantitative estimate of drug-likeness (QED) is 0.166. The maximum atomic E-state index is 5.23. The molecule has 0 spiro atoms. The van der Waals surface area contributed by atoms with Gasteiger partial charge < -0.3 is 0 Å². The molecule has 11 aromatic carbocycles. The van der Waals surface area contributed by atoms with Crippen LogP contribution >= 0.6 is 11.3 Å². The topological polar surface area (TPSA) is 25.8 Å². The van der Waals surface area contributed by atoms with Gasteiger partial charge in [0.15, 0.2) is 0 Å². The lowest BCUT2D eigenvalue weighted by Crippen LogP contribution is -1.92. The third-order valence-corrected chi connectivity index (χ3v) is 13.8. The molecule has 0 aliphatic heterocycles. The van der Waals surface area contributed by atoms with E-state index in [0.29, 0.717) is 0 Å². The van der Waals surface area contributed by atoms with Crippen molar-refractivity contribution in [1.29, 1.82) is 0 Å². The average molecular weight is 791 g/mol. The molecule has 2 heterocycles. The van der Waals surface area contributed by atoms with Crippen LogP contribution in [0.15, 0.2) is 206 Å². The van der Waals surface area contributed by atoms with E-state index < -0.39 is 0 Å². The molecule has 13 rings (SSSR count). The van der Waals surface area contributed by atoms with Crippen LogP contribution in [-0.2, 0) is 0 Å². The number of rotatable bonds is 4. The maximum absolute atomic E-state index is 5.23. The standard InChI is InChI=1S/C58H34N2S/c1-3-11-51-48(8-1)49-9-2-4-12-52(49)57-56(51)59-34-54(60-57)46-27-25-42-31-40(21-23-44(42)33-46)38-19-17-35-28-37(18-16-36(35)29-38)39-20-22-43-32-45(26-24-41(43)30-39)47-13-7-14-53-50-10-5-6-15-55(50)61-58(47)53/h1-34H. The van der Waals surface area contributed by atoms with Gasteiger partial charge in [0.05, 0.1) is 22.9 Å². The van der Waals surface area contributed by atoms with Gasteiger partial charge in [-0.05, 0) is 119 Å². The second kappa shape index (κ2) is 13.4. The fourth-order valence-corrected chi connectivity index (χ4v) is 10.8. The molecule has 0 saturated heterocycles. The Bertz CT molecular complexity index is 3920. The van der Waals surface area contributed by atoms with Crippen LogP contribution in [0.3, 0.4) is 0 Å². The molecular formula is C58H34N2S. The van der Waals surface area contributed by atoms with Crippen molar-refractivity contribution >= 4 is 96.4 Å². The summed E-state index contributed by atoms with van der Waals surface area (Å²) in [5, 5.41) is 14.7. The zero-order chi connectivity index (χ0) is 40.0. The minimum atomic E-state index is 0.877. The normalized spacial score (nSPS) is 11.9. The van der Waals surface area contributed by atoms with Gasteiger partial charge in [-0.1, -0.05) is 158 Å². The predicted molar refractivity (Wildman–Crippen MR) is 262 cm³/mol. The Morgan fingerprint density at radius 3 is 1.31 bits per heavy atom. The second-order valence-corrected chi connectivity index (χ2v) is 17.2. The number of hydrogen-bond donors (Lipinski definition) is 0. The molecule has 2 aromatic heterocycles. The third-order valence-electron chi connectivity index (χ3n) is 12.6. The summed E-state index contributed by atoms with van der Waals surface area (Å²) in [6.45, 7) is 0. The van der Waals surface area contributed by atoms with Crippen molar-refractivity contribution in [3.05, 3.63) is 206 Å². The van der Waals surface area contributed by atoms with Crippen LogP contribution in [0.2, 0.25) is 0 Å². The van der Waals surface area contributed by atoms with Crippen molar-refractivity contribution in [1.82, 2.24) is 9.97 Å². The summed E-state index contributed by atoms with van der Waals surface area (Å²) in [6, 6.07) is 73.2. The van der Waals surface area contributed by atoms with E-state index in [1.165, 1.54) is 96.6 Å². The average Bonchev–Trinajstić information content (AvgIpc) is 3.72. The first kappa shape index (κ1) is 34.2. The minimum Gasteiger partial charge on any atom is -0.252 e. The van der Waals surface area contributed by atoms with Gasteiger partial charge in [0, 0.05) is 36.5 Å². The third kappa shape index (κ3) is 5.55. The van der Waals surface area contributed by atoms with Crippen LogP contribution in [0.1, 0.15) is 0 Å². The first-order valence-electron chi connectivity index (χ1n) is 20.8. The van der Waals surface area contributed by atoms with Gasteiger partial charge in [0.25, 0.3) is 0 Å². The van der Waals surface area contributed by atoms with Crippen LogP contribution in [0, 0.1) is 0 Å². The molecule has 0 atom stereocenters. The second-order valence-electron chi connectivity index (χ2n) is 16.2. The van der Waals surface area contributed by atoms with E-state index in [1.807, 2.05) is 17.5 Å². The highest BCUT2D eigenvalue weighted by Crippen LogP contribution is 2.41. The number of aromatic nitrogens is 2. The van der Waals surface area contributed by atoms with Gasteiger partial charge in [0.2, 0.25) is 0 Å². The lowest BCUT2D eigenvalue weighted by Gasteiger charge is -2.11. The number of hydrogen-bond acceptors (Lipinski definition) is 3. The van der Waals surface area contributed by atoms with E-state index in [1.54, 1.807) is 0 Å². The van der Waals surface area contributed by atoms with E-state index in [2.05, 4.69) is 200 Å². The summed E-state index contributed by atoms with van der Waals surface area (Å²) in [5.41, 5.74) is 11.2. The SMILES string of the molecule is c1ccc2c(c1)sc1c(-c3ccc4cc(-c5ccc6cc(-c7ccc8cc(-c9cnc%10c%11ccccc%11c%11ccccc%11c%10n9)ccc8c7)ccc6c5)ccc4c3)cccc12. The Balaban J connectivity index is 0.789. The van der Waals surface area contributed by atoms with Gasteiger partial charge in [-0.3, -0.25) is 4.98 Å². The molecule has 3 heteroatoms. The lowest BCUT2D eigenvalue weighted by molar-refractivity contribution is 1.31. The summed E-state index contributed by atoms with van der Waals surface area (Å²) in [4.78, 5) is 10.2. The van der Waals surface area contributed by atoms with Crippen molar-refractivity contribution in [2.24, 2.45) is 0 Å². The monoisotopic (exact) mass is 790 g/mol. The molecule has 0 unspecified atom stereocenters. The van der Waals surface area contributed by atoms with Gasteiger partial charge in [-0.15, -0.1) is 11.3 Å². The summed E-state index contributed by atoms with van der Waals surface area (Å²) in [7, 11) is 0. The zero-order valence-electron chi connectivity index (χ0n) is 32.9. The molecule has 0 N–H and O–H groups in total. The van der Waals surface area contributed by atoms with Gasteiger partial charge in [-0.2, -0.15) is 0 Å². The number of thiophene rings is 1. The van der Waals surface area contributed by atoms with E-state index in [-0.39, 0.29) is 0 Å². The highest BCUT2D eigenvalue weighted by atomic mass is 32.1. The van der Waals surface area contributed by atoms with E-state index in [9.17, 15) is 0 Å². The first-order valence-corrected chi connectivity index (χ1v) is 21.6. The molecule has 61 heavy (non-hydrogen) atoms. The highest BCUT2D eigenvalue weighted by Gasteiger charge is 2.14. The fraction of sp³-hybridized carbons (Fsp3) is 0. The Morgan fingerprint density at radius 1 is 0.311 bits per heavy atom. The number of benzene rings is 11. The molecule has 0 amide bonds. The highest BCUT2D eigenvalue weighted by molar-refractivity contribution is 7.26. The van der Waals surface area contributed by atoms with Crippen molar-refractivity contribution in [2.45, 2.75) is 0 Å². The van der Waals surface area contributed by atoms with Crippen LogP contribution in [0.25, 0.3) is 130 Å². The molecule has 0 aliphatic carbocycles. The Labute approximate surface area is 355 Å². The fourth-order valence-electron chi connectivity index (χ4n) is 9.52.